The molecule has 4 aromatic rings. The molecule has 55 heavy (non-hydrogen) atoms. The molecule has 0 amide bonds. The van der Waals surface area contributed by atoms with Gasteiger partial charge in [-0.2, -0.15) is 0 Å². The molecule has 0 aromatic heterocycles. The highest BCUT2D eigenvalue weighted by molar-refractivity contribution is 5.38. The molecule has 0 spiro atoms. The van der Waals surface area contributed by atoms with E-state index in [1.807, 2.05) is 6.92 Å². The van der Waals surface area contributed by atoms with Crippen LogP contribution in [0, 0.1) is 35.5 Å². The van der Waals surface area contributed by atoms with E-state index in [-0.39, 0.29) is 0 Å². The summed E-state index contributed by atoms with van der Waals surface area (Å²) in [6.45, 7) is 7.26. The van der Waals surface area contributed by atoms with Crippen molar-refractivity contribution in [1.29, 1.82) is 0 Å². The third-order valence-electron chi connectivity index (χ3n) is 11.6. The van der Waals surface area contributed by atoms with Crippen molar-refractivity contribution in [2.75, 3.05) is 13.7 Å². The minimum Gasteiger partial charge on any atom is -0.497 e. The summed E-state index contributed by atoms with van der Waals surface area (Å²) in [4.78, 5) is 0. The van der Waals surface area contributed by atoms with E-state index in [1.165, 1.54) is 125 Å². The van der Waals surface area contributed by atoms with Gasteiger partial charge in [0.05, 0.1) is 13.7 Å². The first kappa shape index (κ1) is 41.8. The first-order chi connectivity index (χ1) is 27.1. The van der Waals surface area contributed by atoms with E-state index in [4.69, 9.17) is 9.47 Å². The molecule has 0 unspecified atom stereocenters. The third-order valence-corrected chi connectivity index (χ3v) is 11.6. The molecule has 0 aliphatic heterocycles. The summed E-state index contributed by atoms with van der Waals surface area (Å²) >= 11 is 0. The number of aryl methyl sites for hydroxylation is 2. The molecule has 4 aromatic carbocycles. The van der Waals surface area contributed by atoms with Gasteiger partial charge >= 0.3 is 0 Å². The maximum absolute atomic E-state index is 5.55. The van der Waals surface area contributed by atoms with Crippen molar-refractivity contribution in [3.05, 3.63) is 130 Å². The Morgan fingerprint density at radius 2 is 0.873 bits per heavy atom. The van der Waals surface area contributed by atoms with Crippen LogP contribution in [-0.2, 0) is 12.8 Å². The van der Waals surface area contributed by atoms with Crippen LogP contribution in [-0.4, -0.2) is 13.7 Å². The van der Waals surface area contributed by atoms with Crippen molar-refractivity contribution in [3.63, 3.8) is 0 Å². The lowest BCUT2D eigenvalue weighted by molar-refractivity contribution is 0.339. The fourth-order valence-electron chi connectivity index (χ4n) is 8.06. The van der Waals surface area contributed by atoms with Gasteiger partial charge in [-0.3, -0.25) is 0 Å². The number of hydrogen-bond acceptors (Lipinski definition) is 2. The van der Waals surface area contributed by atoms with Gasteiger partial charge in [-0.25, -0.2) is 0 Å². The fraction of sp³-hybridized carbons (Fsp3) is 0.472. The molecule has 2 nitrogen and oxygen atoms in total. The van der Waals surface area contributed by atoms with Crippen molar-refractivity contribution in [1.82, 2.24) is 0 Å². The van der Waals surface area contributed by atoms with Crippen molar-refractivity contribution >= 4 is 0 Å². The second-order valence-corrected chi connectivity index (χ2v) is 15.7. The van der Waals surface area contributed by atoms with Crippen molar-refractivity contribution in [2.45, 2.75) is 135 Å². The fourth-order valence-corrected chi connectivity index (χ4v) is 8.06. The van der Waals surface area contributed by atoms with Crippen LogP contribution < -0.4 is 9.47 Å². The SMILES string of the molecule is CCCCCc1ccc(C#CC2CCC(c3ccc(OC)cc3)CC2)cc1.CCCCCc1ccc(C#CC2CCC(c3ccc(OCC)cc3)CC2)cc1. The Hall–Kier alpha value is -4.40. The van der Waals surface area contributed by atoms with E-state index in [2.05, 4.69) is 135 Å². The van der Waals surface area contributed by atoms with E-state index in [0.29, 0.717) is 23.7 Å². The normalized spacial score (nSPS) is 19.1. The largest absolute Gasteiger partial charge is 0.497 e. The summed E-state index contributed by atoms with van der Waals surface area (Å²) in [6, 6.07) is 35.1. The average molecular weight is 735 g/mol. The van der Waals surface area contributed by atoms with Crippen LogP contribution in [0.1, 0.15) is 156 Å². The lowest BCUT2D eigenvalue weighted by atomic mass is 9.79. The molecule has 0 atom stereocenters. The van der Waals surface area contributed by atoms with E-state index < -0.39 is 0 Å². The van der Waals surface area contributed by atoms with E-state index in [9.17, 15) is 0 Å². The Morgan fingerprint density at radius 3 is 1.24 bits per heavy atom. The minimum atomic E-state index is 0.545. The molecule has 2 heteroatoms. The third kappa shape index (κ3) is 14.3. The van der Waals surface area contributed by atoms with Gasteiger partial charge in [-0.05, 0) is 167 Å². The van der Waals surface area contributed by atoms with Gasteiger partial charge in [-0.15, -0.1) is 0 Å². The number of hydrogen-bond donors (Lipinski definition) is 0. The number of unbranched alkanes of at least 4 members (excludes halogenated alkanes) is 4. The number of methoxy groups -OCH3 is 1. The highest BCUT2D eigenvalue weighted by Gasteiger charge is 2.22. The first-order valence-electron chi connectivity index (χ1n) is 21.6. The lowest BCUT2D eigenvalue weighted by Crippen LogP contribution is -2.12. The van der Waals surface area contributed by atoms with Crippen LogP contribution >= 0.6 is 0 Å². The Balaban J connectivity index is 0.000000211. The van der Waals surface area contributed by atoms with Crippen LogP contribution in [0.2, 0.25) is 0 Å². The Morgan fingerprint density at radius 1 is 0.473 bits per heavy atom. The number of benzene rings is 4. The lowest BCUT2D eigenvalue weighted by Gasteiger charge is -2.26. The predicted octanol–water partition coefficient (Wildman–Crippen LogP) is 13.9. The summed E-state index contributed by atoms with van der Waals surface area (Å²) in [5.41, 5.74) is 8.10. The number of rotatable bonds is 13. The molecule has 2 aliphatic carbocycles. The van der Waals surface area contributed by atoms with Gasteiger partial charge < -0.3 is 9.47 Å². The van der Waals surface area contributed by atoms with Gasteiger partial charge in [-0.1, -0.05) is 112 Å². The van der Waals surface area contributed by atoms with E-state index >= 15 is 0 Å². The molecular weight excluding hydrogens is 669 g/mol. The highest BCUT2D eigenvalue weighted by Crippen LogP contribution is 2.37. The van der Waals surface area contributed by atoms with Crippen molar-refractivity contribution < 1.29 is 9.47 Å². The van der Waals surface area contributed by atoms with Crippen LogP contribution in [0.15, 0.2) is 97.1 Å². The molecule has 0 heterocycles. The van der Waals surface area contributed by atoms with Gasteiger partial charge in [0.15, 0.2) is 0 Å². The summed E-state index contributed by atoms with van der Waals surface area (Å²) in [5.74, 6) is 18.3. The quantitative estimate of drug-likeness (QED) is 0.101. The summed E-state index contributed by atoms with van der Waals surface area (Å²) in [7, 11) is 1.72. The Labute approximate surface area is 334 Å². The van der Waals surface area contributed by atoms with Crippen LogP contribution in [0.4, 0.5) is 0 Å². The maximum Gasteiger partial charge on any atom is 0.119 e. The Kier molecular flexibility index (Phi) is 17.8. The average Bonchev–Trinajstić information content (AvgIpc) is 3.24. The zero-order chi connectivity index (χ0) is 38.5. The maximum atomic E-state index is 5.55. The molecule has 290 valence electrons. The van der Waals surface area contributed by atoms with E-state index in [1.54, 1.807) is 7.11 Å². The summed E-state index contributed by atoms with van der Waals surface area (Å²) in [6.07, 6.45) is 20.0. The topological polar surface area (TPSA) is 18.5 Å². The van der Waals surface area contributed by atoms with E-state index in [0.717, 1.165) is 29.2 Å². The summed E-state index contributed by atoms with van der Waals surface area (Å²) < 4.78 is 10.8. The van der Waals surface area contributed by atoms with Crippen LogP contribution in [0.3, 0.4) is 0 Å². The molecular formula is C53H66O2. The Bertz CT molecular complexity index is 1760. The van der Waals surface area contributed by atoms with Gasteiger partial charge in [0.25, 0.3) is 0 Å². The zero-order valence-electron chi connectivity index (χ0n) is 34.4. The van der Waals surface area contributed by atoms with Gasteiger partial charge in [0.2, 0.25) is 0 Å². The standard InChI is InChI=1S/C27H34O.C26H32O/c1-3-5-6-7-22-8-10-23(11-9-22)12-13-24-14-16-25(17-15-24)26-18-20-27(21-19-26)28-4-2;1-3-4-5-6-21-7-9-22(10-8-21)11-12-23-13-15-24(16-14-23)25-17-19-26(27-2)20-18-25/h8-11,18-21,24-25H,3-7,14-17H2,1-2H3;7-10,17-20,23-24H,3-6,13-16H2,1-2H3. The molecule has 0 N–H and O–H groups in total. The molecule has 6 rings (SSSR count). The van der Waals surface area contributed by atoms with Gasteiger partial charge in [0, 0.05) is 23.0 Å². The van der Waals surface area contributed by atoms with Crippen molar-refractivity contribution in [3.8, 4) is 35.2 Å². The molecule has 0 bridgehead atoms. The molecule has 0 saturated heterocycles. The van der Waals surface area contributed by atoms with Crippen molar-refractivity contribution in [2.24, 2.45) is 11.8 Å². The number of ether oxygens (including phenoxy) is 2. The monoisotopic (exact) mass is 735 g/mol. The van der Waals surface area contributed by atoms with Crippen LogP contribution in [0.25, 0.3) is 0 Å². The minimum absolute atomic E-state index is 0.545. The first-order valence-corrected chi connectivity index (χ1v) is 21.6. The van der Waals surface area contributed by atoms with Gasteiger partial charge in [0.1, 0.15) is 11.5 Å². The zero-order valence-corrected chi connectivity index (χ0v) is 34.4. The predicted molar refractivity (Wildman–Crippen MR) is 233 cm³/mol. The second-order valence-electron chi connectivity index (χ2n) is 15.7. The smallest absolute Gasteiger partial charge is 0.119 e. The molecule has 2 aliphatic rings. The summed E-state index contributed by atoms with van der Waals surface area (Å²) in [5, 5.41) is 0. The molecule has 0 radical (unpaired) electrons. The molecule has 2 saturated carbocycles. The second kappa shape index (κ2) is 23.5. The molecule has 2 fully saturated rings. The highest BCUT2D eigenvalue weighted by atomic mass is 16.5. The van der Waals surface area contributed by atoms with Crippen LogP contribution in [0.5, 0.6) is 11.5 Å².